The number of amides is 1. The molecule has 0 radical (unpaired) electrons. The van der Waals surface area contributed by atoms with Crippen LogP contribution in [0.5, 0.6) is 0 Å². The van der Waals surface area contributed by atoms with Crippen LogP contribution in [-0.2, 0) is 4.79 Å². The molecule has 0 fully saturated rings. The summed E-state index contributed by atoms with van der Waals surface area (Å²) in [6.45, 7) is 0. The lowest BCUT2D eigenvalue weighted by molar-refractivity contribution is -0.119. The first-order chi connectivity index (χ1) is 7.27. The molecule has 1 aromatic carbocycles. The van der Waals surface area contributed by atoms with E-state index < -0.39 is 0 Å². The smallest absolute Gasteiger partial charge is 0.228 e. The van der Waals surface area contributed by atoms with Crippen molar-refractivity contribution in [2.45, 2.75) is 12.8 Å². The summed E-state index contributed by atoms with van der Waals surface area (Å²) in [7, 11) is 0. The Labute approximate surface area is 89.0 Å². The monoisotopic (exact) mass is 202 g/mol. The highest BCUT2D eigenvalue weighted by molar-refractivity contribution is 5.95. The SMILES string of the molecule is Nc1ccccc1NC(=O)C1CC=CC1. The van der Waals surface area contributed by atoms with Gasteiger partial charge in [0.1, 0.15) is 0 Å². The van der Waals surface area contributed by atoms with Crippen LogP contribution in [0.4, 0.5) is 11.4 Å². The zero-order valence-corrected chi connectivity index (χ0v) is 8.44. The molecule has 1 aliphatic rings. The van der Waals surface area contributed by atoms with Crippen LogP contribution in [0.25, 0.3) is 0 Å². The van der Waals surface area contributed by atoms with Crippen LogP contribution >= 0.6 is 0 Å². The number of nitrogens with one attached hydrogen (secondary N) is 1. The number of carbonyl (C=O) groups is 1. The van der Waals surface area contributed by atoms with Gasteiger partial charge in [0.05, 0.1) is 11.4 Å². The Hall–Kier alpha value is -1.77. The van der Waals surface area contributed by atoms with Gasteiger partial charge < -0.3 is 11.1 Å². The third kappa shape index (κ3) is 2.18. The topological polar surface area (TPSA) is 55.1 Å². The molecule has 15 heavy (non-hydrogen) atoms. The predicted octanol–water partition coefficient (Wildman–Crippen LogP) is 2.17. The third-order valence-corrected chi connectivity index (χ3v) is 2.60. The Kier molecular flexibility index (Phi) is 2.72. The molecular formula is C12H14N2O. The number of anilines is 2. The van der Waals surface area contributed by atoms with Crippen molar-refractivity contribution >= 4 is 17.3 Å². The number of hydrogen-bond acceptors (Lipinski definition) is 2. The van der Waals surface area contributed by atoms with Gasteiger partial charge in [-0.3, -0.25) is 4.79 Å². The predicted molar refractivity (Wildman–Crippen MR) is 61.3 cm³/mol. The second kappa shape index (κ2) is 4.17. The van der Waals surface area contributed by atoms with Crippen LogP contribution in [0.1, 0.15) is 12.8 Å². The second-order valence-electron chi connectivity index (χ2n) is 3.72. The Bertz CT molecular complexity index is 390. The number of hydrogen-bond donors (Lipinski definition) is 2. The second-order valence-corrected chi connectivity index (χ2v) is 3.72. The molecule has 0 bridgehead atoms. The fourth-order valence-corrected chi connectivity index (χ4v) is 1.68. The third-order valence-electron chi connectivity index (χ3n) is 2.60. The van der Waals surface area contributed by atoms with E-state index in [1.54, 1.807) is 6.07 Å². The van der Waals surface area contributed by atoms with Crippen LogP contribution in [0.2, 0.25) is 0 Å². The number of para-hydroxylation sites is 2. The molecule has 0 heterocycles. The van der Waals surface area contributed by atoms with Crippen molar-refractivity contribution in [2.24, 2.45) is 5.92 Å². The molecule has 0 aromatic heterocycles. The fourth-order valence-electron chi connectivity index (χ4n) is 1.68. The quantitative estimate of drug-likeness (QED) is 0.570. The van der Waals surface area contributed by atoms with Gasteiger partial charge in [0.15, 0.2) is 0 Å². The molecule has 3 heteroatoms. The normalized spacial score (nSPS) is 15.5. The van der Waals surface area contributed by atoms with Gasteiger partial charge in [-0.15, -0.1) is 0 Å². The van der Waals surface area contributed by atoms with Crippen LogP contribution in [0.3, 0.4) is 0 Å². The number of nitrogens with two attached hydrogens (primary N) is 1. The van der Waals surface area contributed by atoms with Crippen molar-refractivity contribution in [1.29, 1.82) is 0 Å². The van der Waals surface area contributed by atoms with Gasteiger partial charge in [0, 0.05) is 5.92 Å². The number of carbonyl (C=O) groups excluding carboxylic acids is 1. The lowest BCUT2D eigenvalue weighted by Gasteiger charge is -2.11. The van der Waals surface area contributed by atoms with E-state index in [2.05, 4.69) is 5.32 Å². The molecule has 3 nitrogen and oxygen atoms in total. The van der Waals surface area contributed by atoms with Crippen molar-refractivity contribution in [2.75, 3.05) is 11.1 Å². The van der Waals surface area contributed by atoms with Gasteiger partial charge in [-0.25, -0.2) is 0 Å². The highest BCUT2D eigenvalue weighted by atomic mass is 16.1. The maximum Gasteiger partial charge on any atom is 0.228 e. The van der Waals surface area contributed by atoms with Crippen LogP contribution < -0.4 is 11.1 Å². The number of nitrogen functional groups attached to an aromatic ring is 1. The first kappa shape index (κ1) is 9.77. The summed E-state index contributed by atoms with van der Waals surface area (Å²) in [6, 6.07) is 7.30. The molecule has 0 atom stereocenters. The molecule has 78 valence electrons. The highest BCUT2D eigenvalue weighted by Crippen LogP contribution is 2.22. The summed E-state index contributed by atoms with van der Waals surface area (Å²) in [5.41, 5.74) is 7.05. The number of rotatable bonds is 2. The van der Waals surface area contributed by atoms with Crippen LogP contribution in [-0.4, -0.2) is 5.91 Å². The molecular weight excluding hydrogens is 188 g/mol. The average molecular weight is 202 g/mol. The number of allylic oxidation sites excluding steroid dienone is 2. The first-order valence-corrected chi connectivity index (χ1v) is 5.08. The summed E-state index contributed by atoms with van der Waals surface area (Å²) in [6.07, 6.45) is 5.74. The minimum Gasteiger partial charge on any atom is -0.397 e. The molecule has 1 aliphatic carbocycles. The largest absolute Gasteiger partial charge is 0.397 e. The van der Waals surface area contributed by atoms with Gasteiger partial charge >= 0.3 is 0 Å². The Morgan fingerprint density at radius 3 is 2.60 bits per heavy atom. The van der Waals surface area contributed by atoms with E-state index in [4.69, 9.17) is 5.73 Å². The van der Waals surface area contributed by atoms with Crippen molar-refractivity contribution in [3.63, 3.8) is 0 Å². The van der Waals surface area contributed by atoms with Crippen LogP contribution in [0.15, 0.2) is 36.4 Å². The Morgan fingerprint density at radius 2 is 1.93 bits per heavy atom. The van der Waals surface area contributed by atoms with Crippen molar-refractivity contribution in [3.05, 3.63) is 36.4 Å². The lowest BCUT2D eigenvalue weighted by Crippen LogP contribution is -2.21. The van der Waals surface area contributed by atoms with E-state index in [1.807, 2.05) is 30.4 Å². The van der Waals surface area contributed by atoms with Crippen molar-refractivity contribution in [3.8, 4) is 0 Å². The molecule has 1 amide bonds. The van der Waals surface area contributed by atoms with E-state index in [1.165, 1.54) is 0 Å². The van der Waals surface area contributed by atoms with Gasteiger partial charge in [-0.05, 0) is 25.0 Å². The minimum atomic E-state index is 0.0536. The van der Waals surface area contributed by atoms with E-state index in [-0.39, 0.29) is 11.8 Å². The molecule has 1 aromatic rings. The van der Waals surface area contributed by atoms with Crippen molar-refractivity contribution in [1.82, 2.24) is 0 Å². The van der Waals surface area contributed by atoms with Crippen molar-refractivity contribution < 1.29 is 4.79 Å². The summed E-state index contributed by atoms with van der Waals surface area (Å²) >= 11 is 0. The summed E-state index contributed by atoms with van der Waals surface area (Å²) < 4.78 is 0. The van der Waals surface area contributed by atoms with Crippen LogP contribution in [0, 0.1) is 5.92 Å². The first-order valence-electron chi connectivity index (χ1n) is 5.08. The van der Waals surface area contributed by atoms with Gasteiger partial charge in [0.25, 0.3) is 0 Å². The maximum absolute atomic E-state index is 11.8. The van der Waals surface area contributed by atoms with Gasteiger partial charge in [0.2, 0.25) is 5.91 Å². The molecule has 0 unspecified atom stereocenters. The van der Waals surface area contributed by atoms with E-state index in [0.29, 0.717) is 11.4 Å². The van der Waals surface area contributed by atoms with Gasteiger partial charge in [-0.2, -0.15) is 0 Å². The standard InChI is InChI=1S/C12H14N2O/c13-10-7-3-4-8-11(10)14-12(15)9-5-1-2-6-9/h1-4,7-9H,5-6,13H2,(H,14,15). The van der Waals surface area contributed by atoms with Gasteiger partial charge in [-0.1, -0.05) is 24.3 Å². The lowest BCUT2D eigenvalue weighted by atomic mass is 10.1. The molecule has 2 rings (SSSR count). The molecule has 0 saturated heterocycles. The molecule has 0 aliphatic heterocycles. The van der Waals surface area contributed by atoms with E-state index in [9.17, 15) is 4.79 Å². The zero-order chi connectivity index (χ0) is 10.7. The average Bonchev–Trinajstić information content (AvgIpc) is 2.74. The maximum atomic E-state index is 11.8. The fraction of sp³-hybridized carbons (Fsp3) is 0.250. The Morgan fingerprint density at radius 1 is 1.27 bits per heavy atom. The summed E-state index contributed by atoms with van der Waals surface area (Å²) in [4.78, 5) is 11.8. The molecule has 0 spiro atoms. The minimum absolute atomic E-state index is 0.0536. The summed E-state index contributed by atoms with van der Waals surface area (Å²) in [5, 5.41) is 2.85. The molecule has 3 N–H and O–H groups in total. The van der Waals surface area contributed by atoms with E-state index >= 15 is 0 Å². The summed E-state index contributed by atoms with van der Waals surface area (Å²) in [5.74, 6) is 0.127. The zero-order valence-electron chi connectivity index (χ0n) is 8.44. The van der Waals surface area contributed by atoms with E-state index in [0.717, 1.165) is 12.8 Å². The molecule has 0 saturated carbocycles. The Balaban J connectivity index is 2.02. The highest BCUT2D eigenvalue weighted by Gasteiger charge is 2.19. The number of benzene rings is 1.